The van der Waals surface area contributed by atoms with Crippen molar-refractivity contribution < 1.29 is 0 Å². The summed E-state index contributed by atoms with van der Waals surface area (Å²) in [7, 11) is 0. The van der Waals surface area contributed by atoms with Crippen LogP contribution < -0.4 is 10.6 Å². The maximum Gasteiger partial charge on any atom is 0.0528 e. The second-order valence-corrected chi connectivity index (χ2v) is 6.38. The predicted molar refractivity (Wildman–Crippen MR) is 72.2 cm³/mol. The highest BCUT2D eigenvalue weighted by molar-refractivity contribution is 5.41. The van der Waals surface area contributed by atoms with Gasteiger partial charge < -0.3 is 10.6 Å². The van der Waals surface area contributed by atoms with Gasteiger partial charge in [-0.2, -0.15) is 0 Å². The Balaban J connectivity index is 2.06. The smallest absolute Gasteiger partial charge is 0.0528 e. The highest BCUT2D eigenvalue weighted by atomic mass is 15.1. The minimum absolute atomic E-state index is 0.182. The first kappa shape index (κ1) is 12.4. The molecule has 1 aliphatic rings. The molecule has 0 aromatic carbocycles. The van der Waals surface area contributed by atoms with Gasteiger partial charge in [-0.3, -0.25) is 4.98 Å². The van der Waals surface area contributed by atoms with Crippen LogP contribution in [-0.2, 0) is 0 Å². The van der Waals surface area contributed by atoms with E-state index >= 15 is 0 Å². The normalized spacial score (nSPS) is 23.3. The first-order valence-corrected chi connectivity index (χ1v) is 6.32. The number of nitrogens with one attached hydrogen (secondary N) is 2. The van der Waals surface area contributed by atoms with Gasteiger partial charge in [0.25, 0.3) is 0 Å². The number of nitrogens with zero attached hydrogens (tertiary/aromatic N) is 1. The molecule has 2 heterocycles. The van der Waals surface area contributed by atoms with E-state index in [0.29, 0.717) is 6.04 Å². The molecule has 0 bridgehead atoms. The first-order chi connectivity index (χ1) is 7.86. The average molecular weight is 233 g/mol. The Labute approximate surface area is 104 Å². The number of rotatable bonds is 2. The van der Waals surface area contributed by atoms with Gasteiger partial charge in [0.05, 0.1) is 5.69 Å². The van der Waals surface area contributed by atoms with Gasteiger partial charge >= 0.3 is 0 Å². The molecule has 17 heavy (non-hydrogen) atoms. The molecule has 0 amide bonds. The van der Waals surface area contributed by atoms with Crippen molar-refractivity contribution in [3.63, 3.8) is 0 Å². The molecule has 1 aliphatic heterocycles. The van der Waals surface area contributed by atoms with Crippen LogP contribution in [0.2, 0.25) is 0 Å². The summed E-state index contributed by atoms with van der Waals surface area (Å²) < 4.78 is 0. The quantitative estimate of drug-likeness (QED) is 0.824. The van der Waals surface area contributed by atoms with Crippen molar-refractivity contribution in [1.82, 2.24) is 10.3 Å². The minimum Gasteiger partial charge on any atom is -0.381 e. The molecule has 0 spiro atoms. The zero-order valence-corrected chi connectivity index (χ0v) is 11.2. The van der Waals surface area contributed by atoms with Crippen LogP contribution in [0.4, 0.5) is 5.69 Å². The number of anilines is 1. The van der Waals surface area contributed by atoms with Crippen LogP contribution in [0, 0.1) is 0 Å². The highest BCUT2D eigenvalue weighted by Crippen LogP contribution is 2.30. The first-order valence-electron chi connectivity index (χ1n) is 6.32. The van der Waals surface area contributed by atoms with E-state index in [4.69, 9.17) is 0 Å². The Morgan fingerprint density at radius 3 is 2.41 bits per heavy atom. The van der Waals surface area contributed by atoms with Crippen LogP contribution in [0.25, 0.3) is 0 Å². The monoisotopic (exact) mass is 233 g/mol. The molecule has 0 aliphatic carbocycles. The molecule has 1 fully saturated rings. The third-order valence-corrected chi connectivity index (χ3v) is 3.22. The zero-order valence-electron chi connectivity index (χ0n) is 11.2. The maximum atomic E-state index is 4.14. The summed E-state index contributed by atoms with van der Waals surface area (Å²) in [4.78, 5) is 4.14. The van der Waals surface area contributed by atoms with Crippen molar-refractivity contribution in [2.75, 3.05) is 5.32 Å². The van der Waals surface area contributed by atoms with E-state index in [0.717, 1.165) is 18.5 Å². The van der Waals surface area contributed by atoms with Crippen molar-refractivity contribution in [2.24, 2.45) is 0 Å². The largest absolute Gasteiger partial charge is 0.381 e. The summed E-state index contributed by atoms with van der Waals surface area (Å²) >= 11 is 0. The highest BCUT2D eigenvalue weighted by Gasteiger charge is 2.37. The Hall–Kier alpha value is -1.09. The van der Waals surface area contributed by atoms with E-state index in [1.54, 1.807) is 0 Å². The number of pyridine rings is 1. The van der Waals surface area contributed by atoms with E-state index < -0.39 is 0 Å². The Morgan fingerprint density at radius 1 is 1.24 bits per heavy atom. The summed E-state index contributed by atoms with van der Waals surface area (Å²) in [5.41, 5.74) is 1.48. The van der Waals surface area contributed by atoms with Gasteiger partial charge in [-0.1, -0.05) is 0 Å². The second kappa shape index (κ2) is 4.30. The van der Waals surface area contributed by atoms with Gasteiger partial charge in [-0.05, 0) is 52.7 Å². The minimum atomic E-state index is 0.182. The molecule has 94 valence electrons. The second-order valence-electron chi connectivity index (χ2n) is 6.38. The van der Waals surface area contributed by atoms with Crippen molar-refractivity contribution in [3.8, 4) is 0 Å². The molecule has 2 rings (SSSR count). The Kier molecular flexibility index (Phi) is 3.13. The van der Waals surface area contributed by atoms with E-state index in [2.05, 4.69) is 49.4 Å². The van der Waals surface area contributed by atoms with Gasteiger partial charge in [-0.15, -0.1) is 0 Å². The van der Waals surface area contributed by atoms with Crippen LogP contribution in [0.1, 0.15) is 40.5 Å². The summed E-state index contributed by atoms with van der Waals surface area (Å²) in [6.07, 6.45) is 5.96. The third-order valence-electron chi connectivity index (χ3n) is 3.22. The molecule has 1 aromatic heterocycles. The zero-order chi connectivity index (χ0) is 12.5. The molecule has 0 radical (unpaired) electrons. The Bertz CT molecular complexity index is 354. The van der Waals surface area contributed by atoms with Crippen LogP contribution in [0.5, 0.6) is 0 Å². The third kappa shape index (κ3) is 3.43. The SMILES string of the molecule is CC1(C)CC(Nc2cccnc2)CC(C)(C)N1. The van der Waals surface area contributed by atoms with E-state index in [-0.39, 0.29) is 11.1 Å². The summed E-state index contributed by atoms with van der Waals surface area (Å²) in [6, 6.07) is 4.56. The lowest BCUT2D eigenvalue weighted by atomic mass is 9.79. The van der Waals surface area contributed by atoms with Crippen LogP contribution in [-0.4, -0.2) is 22.1 Å². The number of hydrogen-bond donors (Lipinski definition) is 2. The van der Waals surface area contributed by atoms with Crippen molar-refractivity contribution in [2.45, 2.75) is 57.7 Å². The molecule has 1 saturated heterocycles. The average Bonchev–Trinajstić information content (AvgIpc) is 2.13. The number of aromatic nitrogens is 1. The van der Waals surface area contributed by atoms with Crippen LogP contribution in [0.15, 0.2) is 24.5 Å². The lowest BCUT2D eigenvalue weighted by Gasteiger charge is -2.46. The van der Waals surface area contributed by atoms with E-state index in [1.165, 1.54) is 0 Å². The molecule has 1 aromatic rings. The summed E-state index contributed by atoms with van der Waals surface area (Å²) in [5, 5.41) is 7.28. The van der Waals surface area contributed by atoms with E-state index in [1.807, 2.05) is 18.5 Å². The van der Waals surface area contributed by atoms with E-state index in [9.17, 15) is 0 Å². The molecule has 0 atom stereocenters. The molecular formula is C14H23N3. The summed E-state index contributed by atoms with van der Waals surface area (Å²) in [6.45, 7) is 9.08. The molecule has 3 nitrogen and oxygen atoms in total. The molecule has 3 heteroatoms. The number of hydrogen-bond acceptors (Lipinski definition) is 3. The molecule has 0 saturated carbocycles. The fraction of sp³-hybridized carbons (Fsp3) is 0.643. The van der Waals surface area contributed by atoms with Gasteiger partial charge in [0.2, 0.25) is 0 Å². The predicted octanol–water partition coefficient (Wildman–Crippen LogP) is 2.80. The van der Waals surface area contributed by atoms with Crippen molar-refractivity contribution in [1.29, 1.82) is 0 Å². The molecule has 0 unspecified atom stereocenters. The summed E-state index contributed by atoms with van der Waals surface area (Å²) in [5.74, 6) is 0. The fourth-order valence-electron chi connectivity index (χ4n) is 3.11. The van der Waals surface area contributed by atoms with Crippen molar-refractivity contribution in [3.05, 3.63) is 24.5 Å². The van der Waals surface area contributed by atoms with Gasteiger partial charge in [0.15, 0.2) is 0 Å². The molecular weight excluding hydrogens is 210 g/mol. The number of piperidine rings is 1. The standard InChI is InChI=1S/C14H23N3/c1-13(2)8-12(9-14(3,4)17-13)16-11-6-5-7-15-10-11/h5-7,10,12,16-17H,8-9H2,1-4H3. The van der Waals surface area contributed by atoms with Crippen LogP contribution in [0.3, 0.4) is 0 Å². The Morgan fingerprint density at radius 2 is 1.88 bits per heavy atom. The fourth-order valence-corrected chi connectivity index (χ4v) is 3.11. The van der Waals surface area contributed by atoms with Gasteiger partial charge in [0.1, 0.15) is 0 Å². The lowest BCUT2D eigenvalue weighted by molar-refractivity contribution is 0.170. The topological polar surface area (TPSA) is 37.0 Å². The lowest BCUT2D eigenvalue weighted by Crippen LogP contribution is -2.60. The van der Waals surface area contributed by atoms with Gasteiger partial charge in [-0.25, -0.2) is 0 Å². The molecule has 2 N–H and O–H groups in total. The van der Waals surface area contributed by atoms with Gasteiger partial charge in [0, 0.05) is 29.5 Å². The maximum absolute atomic E-state index is 4.14. The van der Waals surface area contributed by atoms with Crippen LogP contribution >= 0.6 is 0 Å². The van der Waals surface area contributed by atoms with Crippen molar-refractivity contribution >= 4 is 5.69 Å².